The molecular formula is C16H23NO3. The molecule has 3 saturated carbocycles. The molecule has 4 aliphatic rings. The number of fused-ring (bicyclic) bond motifs is 5. The molecule has 4 heteroatoms. The number of likely N-dealkylation sites (tertiary alicyclic amines) is 1. The molecule has 3 aliphatic carbocycles. The van der Waals surface area contributed by atoms with E-state index in [0.717, 1.165) is 37.6 Å². The van der Waals surface area contributed by atoms with Crippen LogP contribution in [0.15, 0.2) is 0 Å². The second-order valence-electron chi connectivity index (χ2n) is 7.29. The Labute approximate surface area is 119 Å². The number of hydrogen-bond acceptors (Lipinski definition) is 2. The van der Waals surface area contributed by atoms with Crippen molar-refractivity contribution in [1.82, 2.24) is 4.90 Å². The minimum atomic E-state index is -0.772. The van der Waals surface area contributed by atoms with Gasteiger partial charge in [0.25, 0.3) is 0 Å². The van der Waals surface area contributed by atoms with Gasteiger partial charge in [0, 0.05) is 18.5 Å². The summed E-state index contributed by atoms with van der Waals surface area (Å²) >= 11 is 0. The number of hydrogen-bond donors (Lipinski definition) is 1. The van der Waals surface area contributed by atoms with Gasteiger partial charge in [0.15, 0.2) is 0 Å². The molecule has 20 heavy (non-hydrogen) atoms. The number of carboxylic acid groups (broad SMARTS) is 1. The van der Waals surface area contributed by atoms with Gasteiger partial charge in [0.05, 0.1) is 6.42 Å². The van der Waals surface area contributed by atoms with Gasteiger partial charge < -0.3 is 10.0 Å². The van der Waals surface area contributed by atoms with Crippen LogP contribution < -0.4 is 0 Å². The molecule has 1 saturated heterocycles. The molecular weight excluding hydrogens is 254 g/mol. The SMILES string of the molecule is O=C(O)CC1CCCCN1C(=O)C1C2C3CCC(C3)C12. The van der Waals surface area contributed by atoms with Gasteiger partial charge in [-0.05, 0) is 62.2 Å². The van der Waals surface area contributed by atoms with Crippen molar-refractivity contribution in [2.75, 3.05) is 6.54 Å². The van der Waals surface area contributed by atoms with E-state index in [2.05, 4.69) is 0 Å². The van der Waals surface area contributed by atoms with Gasteiger partial charge in [0.1, 0.15) is 0 Å². The highest BCUT2D eigenvalue weighted by Gasteiger charge is 2.68. The highest BCUT2D eigenvalue weighted by molar-refractivity contribution is 5.84. The summed E-state index contributed by atoms with van der Waals surface area (Å²) in [7, 11) is 0. The molecule has 1 aliphatic heterocycles. The highest BCUT2D eigenvalue weighted by Crippen LogP contribution is 2.69. The van der Waals surface area contributed by atoms with Crippen LogP contribution in [0.1, 0.15) is 44.9 Å². The fraction of sp³-hybridized carbons (Fsp3) is 0.875. The Balaban J connectivity index is 1.46. The quantitative estimate of drug-likeness (QED) is 0.859. The van der Waals surface area contributed by atoms with E-state index in [1.165, 1.54) is 19.3 Å². The molecule has 5 unspecified atom stereocenters. The van der Waals surface area contributed by atoms with Gasteiger partial charge in [-0.15, -0.1) is 0 Å². The largest absolute Gasteiger partial charge is 0.481 e. The smallest absolute Gasteiger partial charge is 0.305 e. The Morgan fingerprint density at radius 2 is 1.75 bits per heavy atom. The van der Waals surface area contributed by atoms with Crippen molar-refractivity contribution in [2.45, 2.75) is 51.0 Å². The first-order chi connectivity index (χ1) is 9.66. The normalized spacial score (nSPS) is 45.3. The summed E-state index contributed by atoms with van der Waals surface area (Å²) in [5.41, 5.74) is 0. The number of aliphatic carboxylic acids is 1. The lowest BCUT2D eigenvalue weighted by molar-refractivity contribution is -0.143. The minimum Gasteiger partial charge on any atom is -0.481 e. The maximum atomic E-state index is 12.8. The standard InChI is InChI=1S/C16H23NO3/c18-12(19)8-11-3-1-2-6-17(11)16(20)15-13-9-4-5-10(7-9)14(13)15/h9-11,13-15H,1-8H2,(H,18,19). The van der Waals surface area contributed by atoms with Crippen molar-refractivity contribution in [1.29, 1.82) is 0 Å². The van der Waals surface area contributed by atoms with E-state index in [4.69, 9.17) is 5.11 Å². The molecule has 4 nitrogen and oxygen atoms in total. The second kappa shape index (κ2) is 4.47. The monoisotopic (exact) mass is 277 g/mol. The molecule has 4 rings (SSSR count). The summed E-state index contributed by atoms with van der Waals surface area (Å²) in [6.45, 7) is 0.780. The molecule has 0 spiro atoms. The molecule has 110 valence electrons. The summed E-state index contributed by atoms with van der Waals surface area (Å²) in [4.78, 5) is 25.7. The van der Waals surface area contributed by atoms with Crippen LogP contribution in [-0.4, -0.2) is 34.5 Å². The summed E-state index contributed by atoms with van der Waals surface area (Å²) in [6.07, 6.45) is 7.11. The maximum absolute atomic E-state index is 12.8. The van der Waals surface area contributed by atoms with Crippen molar-refractivity contribution in [2.24, 2.45) is 29.6 Å². The molecule has 1 heterocycles. The zero-order valence-corrected chi connectivity index (χ0v) is 11.8. The molecule has 5 atom stereocenters. The Kier molecular flexibility index (Phi) is 2.83. The van der Waals surface area contributed by atoms with E-state index in [0.29, 0.717) is 17.7 Å². The Morgan fingerprint density at radius 1 is 1.05 bits per heavy atom. The first-order valence-electron chi connectivity index (χ1n) is 8.19. The third-order valence-electron chi connectivity index (χ3n) is 6.34. The van der Waals surface area contributed by atoms with Gasteiger partial charge in [-0.3, -0.25) is 9.59 Å². The molecule has 0 aromatic carbocycles. The van der Waals surface area contributed by atoms with Crippen LogP contribution in [0.4, 0.5) is 0 Å². The van der Waals surface area contributed by atoms with E-state index in [1.54, 1.807) is 0 Å². The van der Waals surface area contributed by atoms with Gasteiger partial charge in [-0.25, -0.2) is 0 Å². The molecule has 1 N–H and O–H groups in total. The van der Waals surface area contributed by atoms with E-state index >= 15 is 0 Å². The third-order valence-corrected chi connectivity index (χ3v) is 6.34. The first kappa shape index (κ1) is 12.7. The number of rotatable bonds is 3. The van der Waals surface area contributed by atoms with Crippen molar-refractivity contribution in [3.8, 4) is 0 Å². The van der Waals surface area contributed by atoms with Crippen LogP contribution in [0.2, 0.25) is 0 Å². The van der Waals surface area contributed by atoms with Crippen LogP contribution in [0.3, 0.4) is 0 Å². The minimum absolute atomic E-state index is 0.0484. The van der Waals surface area contributed by atoms with Gasteiger partial charge in [0.2, 0.25) is 5.91 Å². The Morgan fingerprint density at radius 3 is 2.40 bits per heavy atom. The second-order valence-corrected chi connectivity index (χ2v) is 7.29. The van der Waals surface area contributed by atoms with Gasteiger partial charge in [-0.1, -0.05) is 0 Å². The van der Waals surface area contributed by atoms with E-state index in [-0.39, 0.29) is 18.4 Å². The predicted octanol–water partition coefficient (Wildman–Crippen LogP) is 2.13. The zero-order chi connectivity index (χ0) is 13.9. The molecule has 0 aromatic rings. The van der Waals surface area contributed by atoms with Crippen LogP contribution in [-0.2, 0) is 9.59 Å². The van der Waals surface area contributed by atoms with Gasteiger partial charge >= 0.3 is 5.97 Å². The number of nitrogens with zero attached hydrogens (tertiary/aromatic N) is 1. The number of piperidine rings is 1. The molecule has 2 bridgehead atoms. The number of amides is 1. The number of carbonyl (C=O) groups excluding carboxylic acids is 1. The summed E-state index contributed by atoms with van der Waals surface area (Å²) in [5.74, 6) is 2.72. The van der Waals surface area contributed by atoms with Crippen LogP contribution in [0, 0.1) is 29.6 Å². The fourth-order valence-corrected chi connectivity index (χ4v) is 5.55. The average Bonchev–Trinajstić information content (AvgIpc) is 2.86. The number of carbonyl (C=O) groups is 2. The van der Waals surface area contributed by atoms with Crippen molar-refractivity contribution >= 4 is 11.9 Å². The summed E-state index contributed by atoms with van der Waals surface area (Å²) < 4.78 is 0. The van der Waals surface area contributed by atoms with Crippen molar-refractivity contribution in [3.05, 3.63) is 0 Å². The zero-order valence-electron chi connectivity index (χ0n) is 11.8. The predicted molar refractivity (Wildman–Crippen MR) is 72.9 cm³/mol. The van der Waals surface area contributed by atoms with E-state index in [1.807, 2.05) is 4.90 Å². The Hall–Kier alpha value is -1.06. The van der Waals surface area contributed by atoms with Crippen LogP contribution in [0.5, 0.6) is 0 Å². The molecule has 0 radical (unpaired) electrons. The third kappa shape index (κ3) is 1.80. The van der Waals surface area contributed by atoms with Crippen molar-refractivity contribution in [3.63, 3.8) is 0 Å². The van der Waals surface area contributed by atoms with Crippen molar-refractivity contribution < 1.29 is 14.7 Å². The van der Waals surface area contributed by atoms with E-state index in [9.17, 15) is 9.59 Å². The first-order valence-corrected chi connectivity index (χ1v) is 8.19. The lowest BCUT2D eigenvalue weighted by Gasteiger charge is -2.35. The fourth-order valence-electron chi connectivity index (χ4n) is 5.55. The average molecular weight is 277 g/mol. The highest BCUT2D eigenvalue weighted by atomic mass is 16.4. The number of carboxylic acids is 1. The Bertz CT molecular complexity index is 433. The molecule has 1 amide bonds. The van der Waals surface area contributed by atoms with Crippen LogP contribution in [0.25, 0.3) is 0 Å². The lowest BCUT2D eigenvalue weighted by atomic mass is 9.96. The topological polar surface area (TPSA) is 57.6 Å². The summed E-state index contributed by atoms with van der Waals surface area (Å²) in [6, 6.07) is -0.0484. The van der Waals surface area contributed by atoms with Crippen LogP contribution >= 0.6 is 0 Å². The summed E-state index contributed by atoms with van der Waals surface area (Å²) in [5, 5.41) is 9.04. The van der Waals surface area contributed by atoms with E-state index < -0.39 is 5.97 Å². The lowest BCUT2D eigenvalue weighted by Crippen LogP contribution is -2.46. The molecule has 4 fully saturated rings. The maximum Gasteiger partial charge on any atom is 0.305 e. The molecule has 0 aromatic heterocycles. The van der Waals surface area contributed by atoms with Gasteiger partial charge in [-0.2, -0.15) is 0 Å².